The number of nitrogens with zero attached hydrogens (tertiary/aromatic N) is 2. The molecule has 0 N–H and O–H groups in total. The molecule has 0 aliphatic carbocycles. The molecule has 0 fully saturated rings. The van der Waals surface area contributed by atoms with Crippen LogP contribution in [-0.2, 0) is 9.84 Å². The quantitative estimate of drug-likeness (QED) is 0.179. The van der Waals surface area contributed by atoms with Gasteiger partial charge in [-0.05, 0) is 113 Å². The summed E-state index contributed by atoms with van der Waals surface area (Å²) in [6, 6.07) is 55.9. The van der Waals surface area contributed by atoms with Crippen LogP contribution in [0.5, 0.6) is 0 Å². The molecule has 0 atom stereocenters. The van der Waals surface area contributed by atoms with Crippen LogP contribution in [0.15, 0.2) is 179 Å². The average molecular weight is 705 g/mol. The van der Waals surface area contributed by atoms with Gasteiger partial charge in [0.15, 0.2) is 0 Å². The molecule has 0 saturated carbocycles. The molecule has 0 unspecified atom stereocenters. The van der Waals surface area contributed by atoms with E-state index in [-0.39, 0.29) is 0 Å². The summed E-state index contributed by atoms with van der Waals surface area (Å²) in [5.74, 6) is 0. The van der Waals surface area contributed by atoms with Gasteiger partial charge in [-0.3, -0.25) is 4.40 Å². The maximum atomic E-state index is 13.9. The van der Waals surface area contributed by atoms with Crippen LogP contribution in [0.4, 0.5) is 17.1 Å². The third-order valence-corrected chi connectivity index (χ3v) is 13.3. The zero-order valence-electron chi connectivity index (χ0n) is 27.7. The highest BCUT2D eigenvalue weighted by Gasteiger charge is 2.34. The summed E-state index contributed by atoms with van der Waals surface area (Å²) in [5.41, 5.74) is 11.1. The second kappa shape index (κ2) is 10.9. The first-order valence-electron chi connectivity index (χ1n) is 17.2. The Morgan fingerprint density at radius 3 is 1.83 bits per heavy atom. The number of fused-ring (bicyclic) bond motifs is 9. The van der Waals surface area contributed by atoms with Crippen molar-refractivity contribution in [2.75, 3.05) is 4.90 Å². The van der Waals surface area contributed by atoms with Crippen LogP contribution in [0.1, 0.15) is 0 Å². The van der Waals surface area contributed by atoms with E-state index in [1.807, 2.05) is 60.7 Å². The minimum Gasteiger partial charge on any atom is -0.310 e. The number of hydrogen-bond donors (Lipinski definition) is 0. The third kappa shape index (κ3) is 4.16. The predicted molar refractivity (Wildman–Crippen MR) is 215 cm³/mol. The molecule has 6 heteroatoms. The predicted octanol–water partition coefficient (Wildman–Crippen LogP) is 12.5. The van der Waals surface area contributed by atoms with E-state index in [4.69, 9.17) is 0 Å². The van der Waals surface area contributed by atoms with Crippen LogP contribution < -0.4 is 4.90 Å². The molecule has 4 nitrogen and oxygen atoms in total. The van der Waals surface area contributed by atoms with Crippen molar-refractivity contribution < 1.29 is 8.42 Å². The Bertz CT molecular complexity index is 3100. The molecule has 0 amide bonds. The summed E-state index contributed by atoms with van der Waals surface area (Å²) < 4.78 is 30.2. The zero-order chi connectivity index (χ0) is 34.6. The minimum absolute atomic E-state index is 0.344. The van der Waals surface area contributed by atoms with Gasteiger partial charge in [-0.2, -0.15) is 0 Å². The Hall–Kier alpha value is -6.21. The number of anilines is 3. The first-order valence-corrected chi connectivity index (χ1v) is 19.6. The van der Waals surface area contributed by atoms with Crippen molar-refractivity contribution in [1.82, 2.24) is 4.40 Å². The number of hydrogen-bond acceptors (Lipinski definition) is 4. The summed E-state index contributed by atoms with van der Waals surface area (Å²) in [7, 11) is -3.66. The zero-order valence-corrected chi connectivity index (χ0v) is 29.3. The molecule has 246 valence electrons. The Morgan fingerprint density at radius 2 is 1.08 bits per heavy atom. The molecule has 0 spiro atoms. The Balaban J connectivity index is 1.05. The Labute approximate surface area is 304 Å². The largest absolute Gasteiger partial charge is 0.310 e. The molecule has 52 heavy (non-hydrogen) atoms. The van der Waals surface area contributed by atoms with Gasteiger partial charge in [-0.15, -0.1) is 11.3 Å². The fourth-order valence-electron chi connectivity index (χ4n) is 8.21. The summed E-state index contributed by atoms with van der Waals surface area (Å²) in [5, 5.41) is 7.24. The van der Waals surface area contributed by atoms with Crippen LogP contribution in [0.25, 0.3) is 70.8 Å². The highest BCUT2D eigenvalue weighted by molar-refractivity contribution is 7.92. The number of thiophene rings is 1. The van der Waals surface area contributed by atoms with Gasteiger partial charge in [0.2, 0.25) is 9.84 Å². The van der Waals surface area contributed by atoms with E-state index in [0.29, 0.717) is 9.79 Å². The van der Waals surface area contributed by atoms with Crippen molar-refractivity contribution in [3.8, 4) is 33.4 Å². The van der Waals surface area contributed by atoms with Crippen molar-refractivity contribution in [1.29, 1.82) is 0 Å². The van der Waals surface area contributed by atoms with Crippen LogP contribution in [0.2, 0.25) is 0 Å². The molecule has 0 saturated heterocycles. The molecule has 1 aliphatic heterocycles. The Morgan fingerprint density at radius 1 is 0.462 bits per heavy atom. The van der Waals surface area contributed by atoms with Crippen molar-refractivity contribution in [2.24, 2.45) is 0 Å². The number of para-hydroxylation sites is 3. The minimum atomic E-state index is -3.66. The van der Waals surface area contributed by atoms with Crippen LogP contribution in [-0.4, -0.2) is 12.8 Å². The van der Waals surface area contributed by atoms with Gasteiger partial charge >= 0.3 is 0 Å². The van der Waals surface area contributed by atoms with E-state index in [1.165, 1.54) is 37.4 Å². The number of rotatable bonds is 5. The molecule has 1 aliphatic rings. The standard InChI is InChI=1S/C46H28N2O2S2/c49-52(50)43-20-18-31(25-38(43)39-28-35(19-21-44(39)52)47(33-12-3-1-4-13-33)34-14-5-2-6-15-34)29-10-9-11-30(24-29)32-26-40-36-16-7-8-17-42(36)48-45(40)41(27-32)37-22-23-51-46(37)48/h1-28H. The van der Waals surface area contributed by atoms with Crippen LogP contribution in [0, 0.1) is 0 Å². The van der Waals surface area contributed by atoms with Gasteiger partial charge in [-0.25, -0.2) is 8.42 Å². The fraction of sp³-hybridized carbons (Fsp3) is 0. The molecule has 7 aromatic carbocycles. The third-order valence-electron chi connectivity index (χ3n) is 10.5. The molecule has 11 rings (SSSR count). The normalized spacial score (nSPS) is 13.3. The van der Waals surface area contributed by atoms with Crippen LogP contribution in [0.3, 0.4) is 0 Å². The Kier molecular flexibility index (Phi) is 6.18. The number of aromatic nitrogens is 1. The SMILES string of the molecule is O=S1(=O)c2ccc(-c3cccc(-c4cc5c6ccccc6n6c7sccc7c(c4)c56)c3)cc2-c2cc(N(c3ccccc3)c3ccccc3)ccc21. The van der Waals surface area contributed by atoms with Crippen molar-refractivity contribution in [3.63, 3.8) is 0 Å². The van der Waals surface area contributed by atoms with E-state index in [1.54, 1.807) is 23.5 Å². The first kappa shape index (κ1) is 29.5. The molecular weight excluding hydrogens is 677 g/mol. The van der Waals surface area contributed by atoms with E-state index in [2.05, 4.69) is 106 Å². The van der Waals surface area contributed by atoms with Gasteiger partial charge in [0.1, 0.15) is 4.83 Å². The van der Waals surface area contributed by atoms with Gasteiger partial charge in [0.25, 0.3) is 0 Å². The lowest BCUT2D eigenvalue weighted by Gasteiger charge is -2.26. The second-order valence-electron chi connectivity index (χ2n) is 13.4. The van der Waals surface area contributed by atoms with E-state index in [9.17, 15) is 8.42 Å². The number of sulfone groups is 1. The van der Waals surface area contributed by atoms with Crippen LogP contribution >= 0.6 is 11.3 Å². The average Bonchev–Trinajstić information content (AvgIpc) is 3.93. The molecule has 0 radical (unpaired) electrons. The fourth-order valence-corrected chi connectivity index (χ4v) is 10.8. The summed E-state index contributed by atoms with van der Waals surface area (Å²) >= 11 is 1.78. The lowest BCUT2D eigenvalue weighted by Crippen LogP contribution is -2.10. The smallest absolute Gasteiger partial charge is 0.207 e. The second-order valence-corrected chi connectivity index (χ2v) is 16.2. The maximum Gasteiger partial charge on any atom is 0.207 e. The molecule has 4 heterocycles. The van der Waals surface area contributed by atoms with Crippen molar-refractivity contribution in [3.05, 3.63) is 169 Å². The topological polar surface area (TPSA) is 41.8 Å². The molecule has 10 aromatic rings. The lowest BCUT2D eigenvalue weighted by molar-refractivity contribution is 0.598. The monoisotopic (exact) mass is 704 g/mol. The maximum absolute atomic E-state index is 13.9. The molecular formula is C46H28N2O2S2. The molecule has 3 aromatic heterocycles. The van der Waals surface area contributed by atoms with E-state index in [0.717, 1.165) is 50.4 Å². The van der Waals surface area contributed by atoms with E-state index >= 15 is 0 Å². The van der Waals surface area contributed by atoms with E-state index < -0.39 is 9.84 Å². The highest BCUT2D eigenvalue weighted by Crippen LogP contribution is 2.48. The summed E-state index contributed by atoms with van der Waals surface area (Å²) in [6.07, 6.45) is 0. The van der Waals surface area contributed by atoms with Gasteiger partial charge in [-0.1, -0.05) is 78.9 Å². The summed E-state index contributed by atoms with van der Waals surface area (Å²) in [6.45, 7) is 0. The van der Waals surface area contributed by atoms with Gasteiger partial charge < -0.3 is 4.90 Å². The van der Waals surface area contributed by atoms with Gasteiger partial charge in [0, 0.05) is 49.7 Å². The van der Waals surface area contributed by atoms with Gasteiger partial charge in [0.05, 0.1) is 20.8 Å². The highest BCUT2D eigenvalue weighted by atomic mass is 32.2. The lowest BCUT2D eigenvalue weighted by atomic mass is 9.95. The molecule has 0 bridgehead atoms. The van der Waals surface area contributed by atoms with Crippen molar-refractivity contribution in [2.45, 2.75) is 9.79 Å². The number of benzene rings is 7. The summed E-state index contributed by atoms with van der Waals surface area (Å²) in [4.78, 5) is 4.13. The first-order chi connectivity index (χ1) is 25.5. The van der Waals surface area contributed by atoms with Crippen molar-refractivity contribution >= 4 is 75.6 Å².